The summed E-state index contributed by atoms with van der Waals surface area (Å²) in [5, 5.41) is 21.6. The van der Waals surface area contributed by atoms with Gasteiger partial charge in [-0.2, -0.15) is 0 Å². The van der Waals surface area contributed by atoms with E-state index in [0.29, 0.717) is 23.5 Å². The number of aromatic carboxylic acids is 1. The standard InChI is InChI=1S/C12H16N2O4S/c1-6-7(2)19-10(9(6)11(16)17)13-12(18)14-4-3-8(15)5-14/h8,15H,3-5H2,1-2H3,(H,13,18)(H,16,17). The van der Waals surface area contributed by atoms with Crippen molar-refractivity contribution in [2.45, 2.75) is 26.4 Å². The van der Waals surface area contributed by atoms with Crippen molar-refractivity contribution in [1.82, 2.24) is 4.90 Å². The van der Waals surface area contributed by atoms with Gasteiger partial charge in [0.15, 0.2) is 0 Å². The van der Waals surface area contributed by atoms with Crippen molar-refractivity contribution in [3.63, 3.8) is 0 Å². The minimum absolute atomic E-state index is 0.149. The molecule has 0 spiro atoms. The van der Waals surface area contributed by atoms with Gasteiger partial charge >= 0.3 is 12.0 Å². The number of urea groups is 1. The number of nitrogens with one attached hydrogen (secondary N) is 1. The largest absolute Gasteiger partial charge is 0.478 e. The van der Waals surface area contributed by atoms with Gasteiger partial charge in [-0.25, -0.2) is 9.59 Å². The lowest BCUT2D eigenvalue weighted by Gasteiger charge is -2.16. The minimum Gasteiger partial charge on any atom is -0.478 e. The third kappa shape index (κ3) is 2.71. The van der Waals surface area contributed by atoms with Crippen molar-refractivity contribution in [3.05, 3.63) is 16.0 Å². The lowest BCUT2D eigenvalue weighted by Crippen LogP contribution is -2.33. The van der Waals surface area contributed by atoms with Gasteiger partial charge < -0.3 is 15.1 Å². The molecule has 1 aromatic heterocycles. The molecule has 2 heterocycles. The van der Waals surface area contributed by atoms with Crippen LogP contribution in [0.5, 0.6) is 0 Å². The maximum absolute atomic E-state index is 12.0. The fourth-order valence-corrected chi connectivity index (χ4v) is 3.12. The molecule has 0 aromatic carbocycles. The second-order valence-corrected chi connectivity index (χ2v) is 5.84. The third-order valence-corrected chi connectivity index (χ3v) is 4.39. The second kappa shape index (κ2) is 5.18. The number of aliphatic hydroxyl groups excluding tert-OH is 1. The molecule has 6 nitrogen and oxygen atoms in total. The first-order valence-corrected chi connectivity index (χ1v) is 6.79. The van der Waals surface area contributed by atoms with Crippen molar-refractivity contribution < 1.29 is 19.8 Å². The third-order valence-electron chi connectivity index (χ3n) is 3.27. The fraction of sp³-hybridized carbons (Fsp3) is 0.500. The molecule has 0 saturated carbocycles. The van der Waals surface area contributed by atoms with Crippen molar-refractivity contribution in [2.24, 2.45) is 0 Å². The van der Waals surface area contributed by atoms with Gasteiger partial charge in [0, 0.05) is 18.0 Å². The molecule has 1 unspecified atom stereocenters. The number of anilines is 1. The first-order chi connectivity index (χ1) is 8.90. The van der Waals surface area contributed by atoms with Crippen molar-refractivity contribution in [2.75, 3.05) is 18.4 Å². The average molecular weight is 284 g/mol. The molecule has 0 bridgehead atoms. The number of β-amino-alcohol motifs (C(OH)–C–C–N with tert-alkyl or cyclic N) is 1. The van der Waals surface area contributed by atoms with Gasteiger partial charge in [0.2, 0.25) is 0 Å². The summed E-state index contributed by atoms with van der Waals surface area (Å²) in [6.07, 6.45) is 0.0679. The summed E-state index contributed by atoms with van der Waals surface area (Å²) in [5.74, 6) is -1.04. The number of hydrogen-bond donors (Lipinski definition) is 3. The van der Waals surface area contributed by atoms with Gasteiger partial charge in [0.25, 0.3) is 0 Å². The Hall–Kier alpha value is -1.60. The number of likely N-dealkylation sites (tertiary alicyclic amines) is 1. The van der Waals surface area contributed by atoms with Crippen molar-refractivity contribution >= 4 is 28.3 Å². The molecule has 19 heavy (non-hydrogen) atoms. The average Bonchev–Trinajstić information content (AvgIpc) is 2.85. The quantitative estimate of drug-likeness (QED) is 0.770. The van der Waals surface area contributed by atoms with E-state index in [1.165, 1.54) is 16.2 Å². The Balaban J connectivity index is 2.17. The van der Waals surface area contributed by atoms with E-state index in [9.17, 15) is 19.8 Å². The van der Waals surface area contributed by atoms with Gasteiger partial charge in [-0.1, -0.05) is 0 Å². The van der Waals surface area contributed by atoms with Crippen LogP contribution >= 0.6 is 11.3 Å². The Morgan fingerprint density at radius 2 is 2.11 bits per heavy atom. The van der Waals surface area contributed by atoms with Gasteiger partial charge in [0.05, 0.1) is 11.7 Å². The zero-order chi connectivity index (χ0) is 14.2. The number of carbonyl (C=O) groups excluding carboxylic acids is 1. The highest BCUT2D eigenvalue weighted by molar-refractivity contribution is 7.16. The van der Waals surface area contributed by atoms with Crippen LogP contribution in [0.15, 0.2) is 0 Å². The first kappa shape index (κ1) is 13.8. The van der Waals surface area contributed by atoms with Gasteiger partial charge in [-0.05, 0) is 25.8 Å². The number of hydrogen-bond acceptors (Lipinski definition) is 4. The molecule has 2 amide bonds. The summed E-state index contributed by atoms with van der Waals surface area (Å²) < 4.78 is 0. The van der Waals surface area contributed by atoms with Crippen LogP contribution in [0.3, 0.4) is 0 Å². The summed E-state index contributed by atoms with van der Waals surface area (Å²) in [6, 6.07) is -0.361. The summed E-state index contributed by atoms with van der Waals surface area (Å²) >= 11 is 1.26. The maximum Gasteiger partial charge on any atom is 0.338 e. The SMILES string of the molecule is Cc1sc(NC(=O)N2CCC(O)C2)c(C(=O)O)c1C. The number of nitrogens with zero attached hydrogens (tertiary/aromatic N) is 1. The highest BCUT2D eigenvalue weighted by atomic mass is 32.1. The van der Waals surface area contributed by atoms with E-state index in [1.807, 2.05) is 6.92 Å². The highest BCUT2D eigenvalue weighted by Gasteiger charge is 2.27. The van der Waals surface area contributed by atoms with Crippen LogP contribution in [-0.4, -0.2) is 46.3 Å². The molecule has 1 saturated heterocycles. The van der Waals surface area contributed by atoms with Crippen LogP contribution < -0.4 is 5.32 Å². The van der Waals surface area contributed by atoms with Crippen LogP contribution in [0, 0.1) is 13.8 Å². The number of thiophene rings is 1. The molecule has 3 N–H and O–H groups in total. The highest BCUT2D eigenvalue weighted by Crippen LogP contribution is 2.32. The topological polar surface area (TPSA) is 89.9 Å². The van der Waals surface area contributed by atoms with E-state index in [4.69, 9.17) is 0 Å². The Morgan fingerprint density at radius 3 is 2.63 bits per heavy atom. The maximum atomic E-state index is 12.0. The van der Waals surface area contributed by atoms with Gasteiger partial charge in [0.1, 0.15) is 5.00 Å². The molecular formula is C12H16N2O4S. The first-order valence-electron chi connectivity index (χ1n) is 5.97. The molecular weight excluding hydrogens is 268 g/mol. The predicted molar refractivity (Wildman–Crippen MR) is 72.0 cm³/mol. The number of carbonyl (C=O) groups is 2. The van der Waals surface area contributed by atoms with Gasteiger partial charge in [-0.3, -0.25) is 5.32 Å². The molecule has 1 fully saturated rings. The molecule has 2 rings (SSSR count). The number of aryl methyl sites for hydroxylation is 1. The zero-order valence-corrected chi connectivity index (χ0v) is 11.6. The Labute approximate surface area is 114 Å². The second-order valence-electron chi connectivity index (χ2n) is 4.61. The predicted octanol–water partition coefficient (Wildman–Crippen LogP) is 1.66. The van der Waals surface area contributed by atoms with Crippen molar-refractivity contribution in [1.29, 1.82) is 0 Å². The van der Waals surface area contributed by atoms with Crippen LogP contribution in [-0.2, 0) is 0 Å². The summed E-state index contributed by atoms with van der Waals surface area (Å²) in [5.41, 5.74) is 0.824. The number of amides is 2. The van der Waals surface area contributed by atoms with E-state index in [0.717, 1.165) is 4.88 Å². The summed E-state index contributed by atoms with van der Waals surface area (Å²) in [6.45, 7) is 4.32. The van der Waals surface area contributed by atoms with E-state index in [-0.39, 0.29) is 18.1 Å². The molecule has 0 radical (unpaired) electrons. The number of aliphatic hydroxyl groups is 1. The van der Waals surface area contributed by atoms with Crippen LogP contribution in [0.25, 0.3) is 0 Å². The molecule has 1 aliphatic rings. The molecule has 1 aliphatic heterocycles. The molecule has 0 aliphatic carbocycles. The summed E-state index contributed by atoms with van der Waals surface area (Å²) in [7, 11) is 0. The smallest absolute Gasteiger partial charge is 0.338 e. The molecule has 1 aromatic rings. The lowest BCUT2D eigenvalue weighted by atomic mass is 10.1. The normalized spacial score (nSPS) is 18.7. The van der Waals surface area contributed by atoms with E-state index < -0.39 is 12.1 Å². The zero-order valence-electron chi connectivity index (χ0n) is 10.8. The Kier molecular flexibility index (Phi) is 3.77. The Morgan fingerprint density at radius 1 is 1.42 bits per heavy atom. The number of carboxylic acid groups (broad SMARTS) is 1. The van der Waals surface area contributed by atoms with E-state index in [1.54, 1.807) is 6.92 Å². The van der Waals surface area contributed by atoms with Crippen LogP contribution in [0.4, 0.5) is 9.80 Å². The van der Waals surface area contributed by atoms with E-state index in [2.05, 4.69) is 5.32 Å². The van der Waals surface area contributed by atoms with Crippen molar-refractivity contribution in [3.8, 4) is 0 Å². The lowest BCUT2D eigenvalue weighted by molar-refractivity contribution is 0.0697. The number of carboxylic acids is 1. The van der Waals surface area contributed by atoms with E-state index >= 15 is 0 Å². The van der Waals surface area contributed by atoms with Gasteiger partial charge in [-0.15, -0.1) is 11.3 Å². The molecule has 7 heteroatoms. The van der Waals surface area contributed by atoms with Crippen LogP contribution in [0.1, 0.15) is 27.2 Å². The minimum atomic E-state index is -1.04. The fourth-order valence-electron chi connectivity index (χ4n) is 2.07. The molecule has 104 valence electrons. The van der Waals surface area contributed by atoms with Crippen LogP contribution in [0.2, 0.25) is 0 Å². The molecule has 1 atom stereocenters. The summed E-state index contributed by atoms with van der Waals surface area (Å²) in [4.78, 5) is 25.5. The Bertz CT molecular complexity index is 526. The number of rotatable bonds is 2. The monoisotopic (exact) mass is 284 g/mol.